The third kappa shape index (κ3) is 3.90. The number of benzene rings is 2. The van der Waals surface area contributed by atoms with Crippen molar-refractivity contribution >= 4 is 44.2 Å². The number of halogens is 1. The van der Waals surface area contributed by atoms with Crippen LogP contribution in [-0.2, 0) is 4.74 Å². The fourth-order valence-electron chi connectivity index (χ4n) is 3.41. The van der Waals surface area contributed by atoms with Crippen molar-refractivity contribution in [2.45, 2.75) is 18.9 Å². The molecule has 1 unspecified atom stereocenters. The number of carbonyl (C=O) groups is 1. The van der Waals surface area contributed by atoms with E-state index in [4.69, 9.17) is 30.8 Å². The van der Waals surface area contributed by atoms with Crippen LogP contribution in [0.25, 0.3) is 10.2 Å². The lowest BCUT2D eigenvalue weighted by molar-refractivity contribution is 0.0917. The fourth-order valence-corrected chi connectivity index (χ4v) is 4.71. The molecule has 2 heterocycles. The second-order valence-electron chi connectivity index (χ2n) is 6.67. The zero-order valence-corrected chi connectivity index (χ0v) is 17.8. The highest BCUT2D eigenvalue weighted by Gasteiger charge is 2.29. The van der Waals surface area contributed by atoms with E-state index < -0.39 is 0 Å². The molecule has 1 atom stereocenters. The highest BCUT2D eigenvalue weighted by atomic mass is 35.5. The van der Waals surface area contributed by atoms with Crippen LogP contribution >= 0.6 is 22.9 Å². The zero-order chi connectivity index (χ0) is 20.4. The number of amides is 1. The van der Waals surface area contributed by atoms with E-state index in [1.165, 1.54) is 11.3 Å². The summed E-state index contributed by atoms with van der Waals surface area (Å²) in [6.07, 6.45) is 1.86. The number of ether oxygens (including phenoxy) is 3. The van der Waals surface area contributed by atoms with Crippen LogP contribution in [-0.4, -0.2) is 44.4 Å². The van der Waals surface area contributed by atoms with Crippen molar-refractivity contribution in [1.29, 1.82) is 0 Å². The average Bonchev–Trinajstić information content (AvgIpc) is 3.41. The van der Waals surface area contributed by atoms with Crippen LogP contribution in [0.2, 0.25) is 5.02 Å². The summed E-state index contributed by atoms with van der Waals surface area (Å²) in [6.45, 7) is 1.12. The number of thiazole rings is 1. The Morgan fingerprint density at radius 1 is 1.24 bits per heavy atom. The van der Waals surface area contributed by atoms with Crippen LogP contribution in [0.15, 0.2) is 36.4 Å². The Morgan fingerprint density at radius 3 is 2.69 bits per heavy atom. The van der Waals surface area contributed by atoms with Gasteiger partial charge in [0, 0.05) is 6.61 Å². The van der Waals surface area contributed by atoms with Crippen LogP contribution in [0.3, 0.4) is 0 Å². The molecule has 1 fully saturated rings. The van der Waals surface area contributed by atoms with Gasteiger partial charge in [-0.25, -0.2) is 4.98 Å². The molecule has 152 valence electrons. The van der Waals surface area contributed by atoms with E-state index in [0.717, 1.165) is 17.5 Å². The Hall–Kier alpha value is -2.35. The second-order valence-corrected chi connectivity index (χ2v) is 8.06. The number of anilines is 1. The van der Waals surface area contributed by atoms with Crippen LogP contribution in [0, 0.1) is 0 Å². The zero-order valence-electron chi connectivity index (χ0n) is 16.2. The Balaban J connectivity index is 1.80. The van der Waals surface area contributed by atoms with Gasteiger partial charge in [0.05, 0.1) is 37.5 Å². The van der Waals surface area contributed by atoms with Crippen molar-refractivity contribution in [1.82, 2.24) is 4.98 Å². The van der Waals surface area contributed by atoms with Gasteiger partial charge in [0.1, 0.15) is 21.7 Å². The smallest absolute Gasteiger partial charge is 0.261 e. The normalized spacial score (nSPS) is 16.2. The number of nitrogens with zero attached hydrogens (tertiary/aromatic N) is 2. The van der Waals surface area contributed by atoms with Gasteiger partial charge in [-0.1, -0.05) is 35.1 Å². The van der Waals surface area contributed by atoms with Crippen LogP contribution in [0.4, 0.5) is 5.13 Å². The molecule has 1 saturated heterocycles. The minimum atomic E-state index is -0.205. The molecule has 0 radical (unpaired) electrons. The van der Waals surface area contributed by atoms with Gasteiger partial charge >= 0.3 is 0 Å². The van der Waals surface area contributed by atoms with Gasteiger partial charge in [0.2, 0.25) is 0 Å². The summed E-state index contributed by atoms with van der Waals surface area (Å²) in [5, 5.41) is 0.967. The molecular formula is C21H21ClN2O4S. The maximum atomic E-state index is 13.4. The molecule has 0 N–H and O–H groups in total. The predicted octanol–water partition coefficient (Wildman–Crippen LogP) is 4.79. The third-order valence-electron chi connectivity index (χ3n) is 4.89. The van der Waals surface area contributed by atoms with Gasteiger partial charge < -0.3 is 14.2 Å². The highest BCUT2D eigenvalue weighted by molar-refractivity contribution is 7.22. The number of methoxy groups -OCH3 is 2. The number of hydrogen-bond donors (Lipinski definition) is 0. The largest absolute Gasteiger partial charge is 0.495 e. The van der Waals surface area contributed by atoms with Crippen molar-refractivity contribution in [2.75, 3.05) is 32.3 Å². The first kappa shape index (κ1) is 19.9. The van der Waals surface area contributed by atoms with E-state index in [0.29, 0.717) is 45.9 Å². The van der Waals surface area contributed by atoms with Crippen LogP contribution in [0.5, 0.6) is 11.5 Å². The Labute approximate surface area is 178 Å². The lowest BCUT2D eigenvalue weighted by Crippen LogP contribution is -2.37. The van der Waals surface area contributed by atoms with Gasteiger partial charge in [0.25, 0.3) is 5.91 Å². The van der Waals surface area contributed by atoms with E-state index >= 15 is 0 Å². The summed E-state index contributed by atoms with van der Waals surface area (Å²) < 4.78 is 17.6. The molecule has 1 aromatic heterocycles. The van der Waals surface area contributed by atoms with Gasteiger partial charge in [-0.15, -0.1) is 0 Å². The monoisotopic (exact) mass is 432 g/mol. The second kappa shape index (κ2) is 8.57. The lowest BCUT2D eigenvalue weighted by Gasteiger charge is -2.23. The summed E-state index contributed by atoms with van der Waals surface area (Å²) in [4.78, 5) is 19.8. The molecule has 2 aromatic carbocycles. The Bertz CT molecular complexity index is 992. The molecule has 0 saturated carbocycles. The van der Waals surface area contributed by atoms with Gasteiger partial charge in [-0.3, -0.25) is 9.69 Å². The molecule has 29 heavy (non-hydrogen) atoms. The van der Waals surface area contributed by atoms with Crippen LogP contribution in [0.1, 0.15) is 23.2 Å². The van der Waals surface area contributed by atoms with Gasteiger partial charge in [0.15, 0.2) is 5.13 Å². The molecular weight excluding hydrogens is 412 g/mol. The Morgan fingerprint density at radius 2 is 2.00 bits per heavy atom. The summed E-state index contributed by atoms with van der Waals surface area (Å²) >= 11 is 7.69. The van der Waals surface area contributed by atoms with Gasteiger partial charge in [-0.05, 0) is 37.1 Å². The summed E-state index contributed by atoms with van der Waals surface area (Å²) in [5.74, 6) is 1.11. The molecule has 0 aliphatic carbocycles. The maximum Gasteiger partial charge on any atom is 0.261 e. The predicted molar refractivity (Wildman–Crippen MR) is 115 cm³/mol. The topological polar surface area (TPSA) is 60.9 Å². The van der Waals surface area contributed by atoms with Crippen molar-refractivity contribution in [3.63, 3.8) is 0 Å². The molecule has 6 nitrogen and oxygen atoms in total. The molecule has 1 aliphatic rings. The highest BCUT2D eigenvalue weighted by Crippen LogP contribution is 2.40. The number of rotatable bonds is 6. The number of fused-ring (bicyclic) bond motifs is 1. The van der Waals surface area contributed by atoms with E-state index in [1.54, 1.807) is 43.4 Å². The minimum Gasteiger partial charge on any atom is -0.495 e. The Kier molecular flexibility index (Phi) is 5.89. The van der Waals surface area contributed by atoms with E-state index in [1.807, 2.05) is 12.1 Å². The summed E-state index contributed by atoms with van der Waals surface area (Å²) in [7, 11) is 3.21. The van der Waals surface area contributed by atoms with Crippen LogP contribution < -0.4 is 14.4 Å². The molecule has 0 spiro atoms. The van der Waals surface area contributed by atoms with E-state index in [9.17, 15) is 4.79 Å². The molecule has 1 aliphatic heterocycles. The van der Waals surface area contributed by atoms with Crippen molar-refractivity contribution in [3.05, 3.63) is 47.0 Å². The van der Waals surface area contributed by atoms with E-state index in [-0.39, 0.29) is 12.0 Å². The average molecular weight is 433 g/mol. The molecule has 3 aromatic rings. The van der Waals surface area contributed by atoms with E-state index in [2.05, 4.69) is 0 Å². The third-order valence-corrected chi connectivity index (χ3v) is 6.31. The van der Waals surface area contributed by atoms with Crippen molar-refractivity contribution in [2.24, 2.45) is 0 Å². The first-order chi connectivity index (χ1) is 14.1. The maximum absolute atomic E-state index is 13.4. The minimum absolute atomic E-state index is 0.0303. The standard InChI is InChI=1S/C21H21ClN2O4S/c1-26-16-9-10-17(27-2)19-18(16)23-21(29-19)24(12-13-6-5-11-28-13)20(25)14-7-3-4-8-15(14)22/h3-4,7-10,13H,5-6,11-12H2,1-2H3. The van der Waals surface area contributed by atoms with Crippen molar-refractivity contribution < 1.29 is 19.0 Å². The molecule has 0 bridgehead atoms. The van der Waals surface area contributed by atoms with Gasteiger partial charge in [-0.2, -0.15) is 0 Å². The number of hydrogen-bond acceptors (Lipinski definition) is 6. The fraction of sp³-hybridized carbons (Fsp3) is 0.333. The van der Waals surface area contributed by atoms with Crippen molar-refractivity contribution in [3.8, 4) is 11.5 Å². The first-order valence-corrected chi connectivity index (χ1v) is 10.5. The molecule has 4 rings (SSSR count). The lowest BCUT2D eigenvalue weighted by atomic mass is 10.1. The first-order valence-electron chi connectivity index (χ1n) is 9.32. The quantitative estimate of drug-likeness (QED) is 0.560. The number of carbonyl (C=O) groups excluding carboxylic acids is 1. The summed E-state index contributed by atoms with van der Waals surface area (Å²) in [5.41, 5.74) is 1.10. The molecule has 8 heteroatoms. The molecule has 1 amide bonds. The SMILES string of the molecule is COc1ccc(OC)c2sc(N(CC3CCCO3)C(=O)c3ccccc3Cl)nc12. The number of aromatic nitrogens is 1. The summed E-state index contributed by atoms with van der Waals surface area (Å²) in [6, 6.07) is 10.7.